The van der Waals surface area contributed by atoms with Crippen molar-refractivity contribution in [2.24, 2.45) is 11.8 Å². The molecule has 2 unspecified atom stereocenters. The number of rotatable bonds is 2. The van der Waals surface area contributed by atoms with Crippen LogP contribution >= 0.6 is 0 Å². The zero-order chi connectivity index (χ0) is 16.0. The van der Waals surface area contributed by atoms with E-state index < -0.39 is 0 Å². The summed E-state index contributed by atoms with van der Waals surface area (Å²) in [6.07, 6.45) is 3.78. The van der Waals surface area contributed by atoms with Gasteiger partial charge in [-0.3, -0.25) is 4.79 Å². The van der Waals surface area contributed by atoms with Crippen LogP contribution in [0.25, 0.3) is 10.8 Å². The molecule has 1 N–H and O–H groups in total. The van der Waals surface area contributed by atoms with Crippen molar-refractivity contribution in [1.82, 2.24) is 4.90 Å². The number of benzene rings is 2. The van der Waals surface area contributed by atoms with Gasteiger partial charge in [-0.15, -0.1) is 0 Å². The van der Waals surface area contributed by atoms with Gasteiger partial charge in [0.05, 0.1) is 6.10 Å². The molecule has 2 saturated carbocycles. The SMILES string of the molecule is CN(C(=O)c1cccc2ccccc12)C1C[C@H]2CC(O)C[C@H]2C1. The van der Waals surface area contributed by atoms with Crippen molar-refractivity contribution < 1.29 is 9.90 Å². The van der Waals surface area contributed by atoms with Crippen molar-refractivity contribution in [2.45, 2.75) is 37.8 Å². The molecule has 0 saturated heterocycles. The third-order valence-electron chi connectivity index (χ3n) is 5.85. The summed E-state index contributed by atoms with van der Waals surface area (Å²) in [6, 6.07) is 14.3. The van der Waals surface area contributed by atoms with Crippen LogP contribution in [0.1, 0.15) is 36.0 Å². The minimum atomic E-state index is -0.120. The Balaban J connectivity index is 1.57. The molecule has 0 spiro atoms. The van der Waals surface area contributed by atoms with Crippen LogP contribution in [-0.4, -0.2) is 35.1 Å². The van der Waals surface area contributed by atoms with Gasteiger partial charge >= 0.3 is 0 Å². The average Bonchev–Trinajstić information content (AvgIpc) is 3.10. The Morgan fingerprint density at radius 1 is 1.00 bits per heavy atom. The fraction of sp³-hybridized carbons (Fsp3) is 0.450. The Hall–Kier alpha value is -1.87. The predicted molar refractivity (Wildman–Crippen MR) is 91.3 cm³/mol. The van der Waals surface area contributed by atoms with Gasteiger partial charge in [0, 0.05) is 18.7 Å². The molecule has 0 radical (unpaired) electrons. The van der Waals surface area contributed by atoms with Crippen molar-refractivity contribution in [3.05, 3.63) is 48.0 Å². The number of amides is 1. The van der Waals surface area contributed by atoms with Crippen molar-refractivity contribution in [3.63, 3.8) is 0 Å². The number of hydrogen-bond donors (Lipinski definition) is 1. The number of hydrogen-bond acceptors (Lipinski definition) is 2. The summed E-state index contributed by atoms with van der Waals surface area (Å²) in [7, 11) is 1.94. The lowest BCUT2D eigenvalue weighted by atomic mass is 10.0. The fourth-order valence-electron chi connectivity index (χ4n) is 4.64. The standard InChI is InChI=1S/C20H23NO2/c1-21(16-9-14-11-17(22)12-15(14)10-16)20(23)19-8-4-6-13-5-2-3-7-18(13)19/h2-8,14-17,22H,9-12H2,1H3/t14-,15+,16?,17?. The molecule has 3 heteroatoms. The maximum Gasteiger partial charge on any atom is 0.254 e. The van der Waals surface area contributed by atoms with E-state index in [9.17, 15) is 9.90 Å². The summed E-state index contributed by atoms with van der Waals surface area (Å²) in [5.74, 6) is 1.31. The topological polar surface area (TPSA) is 40.5 Å². The Morgan fingerprint density at radius 3 is 2.39 bits per heavy atom. The van der Waals surface area contributed by atoms with Gasteiger partial charge in [-0.25, -0.2) is 0 Å². The van der Waals surface area contributed by atoms with Crippen molar-refractivity contribution >= 4 is 16.7 Å². The summed E-state index contributed by atoms with van der Waals surface area (Å²) < 4.78 is 0. The molecular weight excluding hydrogens is 286 g/mol. The van der Waals surface area contributed by atoms with Crippen molar-refractivity contribution in [3.8, 4) is 0 Å². The predicted octanol–water partition coefficient (Wildman–Crippen LogP) is 3.46. The first kappa shape index (κ1) is 14.7. The monoisotopic (exact) mass is 309 g/mol. The van der Waals surface area contributed by atoms with Gasteiger partial charge in [0.1, 0.15) is 0 Å². The number of aliphatic hydroxyl groups is 1. The third-order valence-corrected chi connectivity index (χ3v) is 5.85. The highest BCUT2D eigenvalue weighted by atomic mass is 16.3. The molecule has 2 fully saturated rings. The number of fused-ring (bicyclic) bond motifs is 2. The number of aliphatic hydroxyl groups excluding tert-OH is 1. The Morgan fingerprint density at radius 2 is 1.65 bits per heavy atom. The lowest BCUT2D eigenvalue weighted by molar-refractivity contribution is 0.0724. The molecule has 4 atom stereocenters. The van der Waals surface area contributed by atoms with Crippen molar-refractivity contribution in [1.29, 1.82) is 0 Å². The van der Waals surface area contributed by atoms with E-state index in [0.29, 0.717) is 17.9 Å². The first-order valence-electron chi connectivity index (χ1n) is 8.56. The molecule has 0 aromatic heterocycles. The second-order valence-electron chi connectivity index (χ2n) is 7.21. The molecule has 0 bridgehead atoms. The largest absolute Gasteiger partial charge is 0.393 e. The molecule has 23 heavy (non-hydrogen) atoms. The molecule has 2 aromatic rings. The maximum absolute atomic E-state index is 13.0. The molecule has 120 valence electrons. The van der Waals surface area contributed by atoms with E-state index >= 15 is 0 Å². The van der Waals surface area contributed by atoms with Crippen LogP contribution in [0, 0.1) is 11.8 Å². The van der Waals surface area contributed by atoms with Crippen LogP contribution < -0.4 is 0 Å². The number of carbonyl (C=O) groups is 1. The average molecular weight is 309 g/mol. The van der Waals surface area contributed by atoms with Crippen LogP contribution in [0.2, 0.25) is 0 Å². The molecule has 1 amide bonds. The van der Waals surface area contributed by atoms with E-state index in [1.165, 1.54) is 0 Å². The van der Waals surface area contributed by atoms with Crippen LogP contribution in [0.3, 0.4) is 0 Å². The highest BCUT2D eigenvalue weighted by Gasteiger charge is 2.43. The van der Waals surface area contributed by atoms with Crippen LogP contribution in [0.4, 0.5) is 0 Å². The summed E-state index contributed by atoms with van der Waals surface area (Å²) in [5, 5.41) is 11.9. The van der Waals surface area contributed by atoms with E-state index in [0.717, 1.165) is 42.0 Å². The van der Waals surface area contributed by atoms with Gasteiger partial charge in [0.15, 0.2) is 0 Å². The molecule has 2 aliphatic carbocycles. The second kappa shape index (κ2) is 5.64. The third kappa shape index (κ3) is 2.53. The molecule has 0 heterocycles. The summed E-state index contributed by atoms with van der Waals surface area (Å²) in [6.45, 7) is 0. The molecule has 3 nitrogen and oxygen atoms in total. The highest BCUT2D eigenvalue weighted by Crippen LogP contribution is 2.45. The molecule has 2 aliphatic rings. The number of carbonyl (C=O) groups excluding carboxylic acids is 1. The van der Waals surface area contributed by atoms with Gasteiger partial charge in [-0.05, 0) is 54.4 Å². The summed E-state index contributed by atoms with van der Waals surface area (Å²) in [5.41, 5.74) is 0.794. The van der Waals surface area contributed by atoms with E-state index in [1.807, 2.05) is 54.4 Å². The van der Waals surface area contributed by atoms with Gasteiger partial charge < -0.3 is 10.0 Å². The molecule has 4 rings (SSSR count). The van der Waals surface area contributed by atoms with E-state index in [4.69, 9.17) is 0 Å². The summed E-state index contributed by atoms with van der Waals surface area (Å²) in [4.78, 5) is 14.9. The highest BCUT2D eigenvalue weighted by molar-refractivity contribution is 6.07. The van der Waals surface area contributed by atoms with Gasteiger partial charge in [-0.1, -0.05) is 36.4 Å². The van der Waals surface area contributed by atoms with Gasteiger partial charge in [0.25, 0.3) is 5.91 Å². The summed E-state index contributed by atoms with van der Waals surface area (Å²) >= 11 is 0. The normalized spacial score (nSPS) is 29.7. The Labute approximate surface area is 136 Å². The van der Waals surface area contributed by atoms with E-state index in [1.54, 1.807) is 0 Å². The Bertz CT molecular complexity index is 722. The maximum atomic E-state index is 13.0. The molecular formula is C20H23NO2. The first-order chi connectivity index (χ1) is 11.1. The zero-order valence-electron chi connectivity index (χ0n) is 13.5. The lowest BCUT2D eigenvalue weighted by Gasteiger charge is -2.26. The lowest BCUT2D eigenvalue weighted by Crippen LogP contribution is -2.36. The minimum absolute atomic E-state index is 0.118. The first-order valence-corrected chi connectivity index (χ1v) is 8.56. The Kier molecular flexibility index (Phi) is 3.61. The molecule has 0 aliphatic heterocycles. The molecule has 2 aromatic carbocycles. The minimum Gasteiger partial charge on any atom is -0.393 e. The van der Waals surface area contributed by atoms with Crippen LogP contribution in [-0.2, 0) is 0 Å². The van der Waals surface area contributed by atoms with Crippen LogP contribution in [0.15, 0.2) is 42.5 Å². The number of nitrogens with zero attached hydrogens (tertiary/aromatic N) is 1. The quantitative estimate of drug-likeness (QED) is 0.923. The van der Waals surface area contributed by atoms with Crippen molar-refractivity contribution in [2.75, 3.05) is 7.05 Å². The van der Waals surface area contributed by atoms with Gasteiger partial charge in [0.2, 0.25) is 0 Å². The fourth-order valence-corrected chi connectivity index (χ4v) is 4.64. The van der Waals surface area contributed by atoms with Gasteiger partial charge in [-0.2, -0.15) is 0 Å². The van der Waals surface area contributed by atoms with E-state index in [2.05, 4.69) is 0 Å². The van der Waals surface area contributed by atoms with Crippen LogP contribution in [0.5, 0.6) is 0 Å². The smallest absolute Gasteiger partial charge is 0.254 e. The second-order valence-corrected chi connectivity index (χ2v) is 7.21. The van der Waals surface area contributed by atoms with E-state index in [-0.39, 0.29) is 12.0 Å². The zero-order valence-corrected chi connectivity index (χ0v) is 13.5.